The Hall–Kier alpha value is -1.59. The van der Waals surface area contributed by atoms with Gasteiger partial charge in [-0.05, 0) is 31.2 Å². The number of likely N-dealkylation sites (N-methyl/N-ethyl adjacent to an activating group) is 1. The lowest BCUT2D eigenvalue weighted by molar-refractivity contribution is -0.121. The van der Waals surface area contributed by atoms with Crippen LogP contribution in [0.5, 0.6) is 0 Å². The molecule has 0 aliphatic carbocycles. The number of methoxy groups -OCH3 is 1. The molecule has 18 heavy (non-hydrogen) atoms. The number of amides is 1. The van der Waals surface area contributed by atoms with Gasteiger partial charge in [0.2, 0.25) is 5.91 Å². The molecular formula is C13H19N3O2. The van der Waals surface area contributed by atoms with Crippen LogP contribution < -0.4 is 11.1 Å². The molecule has 0 radical (unpaired) electrons. The summed E-state index contributed by atoms with van der Waals surface area (Å²) in [5, 5.41) is 2.91. The summed E-state index contributed by atoms with van der Waals surface area (Å²) < 4.78 is 5.03. The molecule has 1 amide bonds. The predicted octanol–water partition coefficient (Wildman–Crippen LogP) is 0.710. The average Bonchev–Trinajstić information content (AvgIpc) is 2.35. The van der Waals surface area contributed by atoms with E-state index in [9.17, 15) is 4.79 Å². The number of hydrogen-bond donors (Lipinski definition) is 2. The van der Waals surface area contributed by atoms with Gasteiger partial charge in [0.05, 0.1) is 12.6 Å². The quantitative estimate of drug-likeness (QED) is 0.771. The first-order valence-corrected chi connectivity index (χ1v) is 6.00. The minimum Gasteiger partial charge on any atom is -0.399 e. The van der Waals surface area contributed by atoms with E-state index in [1.165, 1.54) is 0 Å². The van der Waals surface area contributed by atoms with Gasteiger partial charge < -0.3 is 15.8 Å². The minimum atomic E-state index is -0.142. The van der Waals surface area contributed by atoms with Gasteiger partial charge in [0.15, 0.2) is 0 Å². The van der Waals surface area contributed by atoms with Crippen LogP contribution >= 0.6 is 0 Å². The SMILES string of the molecule is COCCN(C)[C@@H]1Cc2ccc(N)cc2NC1=O. The molecule has 1 heterocycles. The number of rotatable bonds is 4. The fraction of sp³-hybridized carbons (Fsp3) is 0.462. The zero-order valence-corrected chi connectivity index (χ0v) is 10.8. The van der Waals surface area contributed by atoms with Crippen molar-refractivity contribution in [1.29, 1.82) is 0 Å². The Morgan fingerprint density at radius 3 is 3.06 bits per heavy atom. The van der Waals surface area contributed by atoms with Crippen LogP contribution in [-0.2, 0) is 16.0 Å². The van der Waals surface area contributed by atoms with E-state index in [4.69, 9.17) is 10.5 Å². The number of hydrogen-bond acceptors (Lipinski definition) is 4. The van der Waals surface area contributed by atoms with E-state index in [2.05, 4.69) is 5.32 Å². The maximum Gasteiger partial charge on any atom is 0.242 e. The van der Waals surface area contributed by atoms with Crippen molar-refractivity contribution >= 4 is 17.3 Å². The van der Waals surface area contributed by atoms with E-state index < -0.39 is 0 Å². The lowest BCUT2D eigenvalue weighted by atomic mass is 9.97. The predicted molar refractivity (Wildman–Crippen MR) is 71.5 cm³/mol. The highest BCUT2D eigenvalue weighted by Crippen LogP contribution is 2.26. The third-order valence-corrected chi connectivity index (χ3v) is 3.29. The van der Waals surface area contributed by atoms with Gasteiger partial charge in [-0.25, -0.2) is 0 Å². The first-order valence-electron chi connectivity index (χ1n) is 6.00. The number of carbonyl (C=O) groups excluding carboxylic acids is 1. The number of nitrogen functional groups attached to an aromatic ring is 1. The zero-order chi connectivity index (χ0) is 13.1. The Balaban J connectivity index is 2.13. The summed E-state index contributed by atoms with van der Waals surface area (Å²) in [7, 11) is 3.60. The van der Waals surface area contributed by atoms with Gasteiger partial charge in [-0.1, -0.05) is 6.07 Å². The number of nitrogens with one attached hydrogen (secondary N) is 1. The maximum atomic E-state index is 12.0. The van der Waals surface area contributed by atoms with Crippen LogP contribution in [0.1, 0.15) is 5.56 Å². The van der Waals surface area contributed by atoms with Crippen LogP contribution in [0.4, 0.5) is 11.4 Å². The molecule has 1 aromatic carbocycles. The Bertz CT molecular complexity index is 448. The fourth-order valence-corrected chi connectivity index (χ4v) is 2.15. The van der Waals surface area contributed by atoms with E-state index in [0.717, 1.165) is 17.8 Å². The van der Waals surface area contributed by atoms with E-state index in [1.54, 1.807) is 13.2 Å². The van der Waals surface area contributed by atoms with Crippen molar-refractivity contribution < 1.29 is 9.53 Å². The molecule has 2 rings (SSSR count). The van der Waals surface area contributed by atoms with Gasteiger partial charge in [0.1, 0.15) is 0 Å². The molecule has 3 N–H and O–H groups in total. The molecule has 0 saturated heterocycles. The van der Waals surface area contributed by atoms with Crippen molar-refractivity contribution in [3.63, 3.8) is 0 Å². The molecule has 0 aromatic heterocycles. The molecule has 5 heteroatoms. The van der Waals surface area contributed by atoms with Crippen LogP contribution in [0.2, 0.25) is 0 Å². The smallest absolute Gasteiger partial charge is 0.242 e. The summed E-state index contributed by atoms with van der Waals surface area (Å²) in [5.41, 5.74) is 8.33. The van der Waals surface area contributed by atoms with Crippen LogP contribution in [0.15, 0.2) is 18.2 Å². The lowest BCUT2D eigenvalue weighted by Crippen LogP contribution is -2.47. The molecular weight excluding hydrogens is 230 g/mol. The second-order valence-electron chi connectivity index (χ2n) is 4.60. The highest BCUT2D eigenvalue weighted by Gasteiger charge is 2.29. The summed E-state index contributed by atoms with van der Waals surface area (Å²) in [5.74, 6) is 0.0201. The molecule has 0 saturated carbocycles. The minimum absolute atomic E-state index is 0.0201. The van der Waals surface area contributed by atoms with Crippen molar-refractivity contribution in [2.24, 2.45) is 0 Å². The van der Waals surface area contributed by atoms with E-state index in [-0.39, 0.29) is 11.9 Å². The van der Waals surface area contributed by atoms with Crippen LogP contribution in [0.3, 0.4) is 0 Å². The first kappa shape index (κ1) is 12.9. The fourth-order valence-electron chi connectivity index (χ4n) is 2.15. The monoisotopic (exact) mass is 249 g/mol. The van der Waals surface area contributed by atoms with Crippen molar-refractivity contribution in [2.45, 2.75) is 12.5 Å². The van der Waals surface area contributed by atoms with Crippen molar-refractivity contribution in [1.82, 2.24) is 4.90 Å². The molecule has 0 unspecified atom stereocenters. The van der Waals surface area contributed by atoms with E-state index >= 15 is 0 Å². The van der Waals surface area contributed by atoms with Crippen LogP contribution in [0, 0.1) is 0 Å². The number of ether oxygens (including phenoxy) is 1. The summed E-state index contributed by atoms with van der Waals surface area (Å²) in [6.45, 7) is 1.35. The molecule has 1 aliphatic rings. The van der Waals surface area contributed by atoms with Crippen LogP contribution in [-0.4, -0.2) is 44.2 Å². The third-order valence-electron chi connectivity index (χ3n) is 3.29. The van der Waals surface area contributed by atoms with Gasteiger partial charge in [-0.3, -0.25) is 9.69 Å². The molecule has 0 bridgehead atoms. The van der Waals surface area contributed by atoms with Gasteiger partial charge in [-0.2, -0.15) is 0 Å². The highest BCUT2D eigenvalue weighted by atomic mass is 16.5. The number of benzene rings is 1. The van der Waals surface area contributed by atoms with Gasteiger partial charge in [0.25, 0.3) is 0 Å². The highest BCUT2D eigenvalue weighted by molar-refractivity contribution is 5.98. The Morgan fingerprint density at radius 1 is 1.56 bits per heavy atom. The zero-order valence-electron chi connectivity index (χ0n) is 10.8. The van der Waals surface area contributed by atoms with Gasteiger partial charge in [-0.15, -0.1) is 0 Å². The molecule has 0 fully saturated rings. The Kier molecular flexibility index (Phi) is 3.84. The molecule has 0 spiro atoms. The van der Waals surface area contributed by atoms with Crippen LogP contribution in [0.25, 0.3) is 0 Å². The summed E-state index contributed by atoms with van der Waals surface area (Å²) in [4.78, 5) is 14.1. The maximum absolute atomic E-state index is 12.0. The second kappa shape index (κ2) is 5.37. The third kappa shape index (κ3) is 2.63. The second-order valence-corrected chi connectivity index (χ2v) is 4.60. The molecule has 5 nitrogen and oxygen atoms in total. The number of anilines is 2. The van der Waals surface area contributed by atoms with E-state index in [1.807, 2.05) is 24.1 Å². The molecule has 98 valence electrons. The number of nitrogens with two attached hydrogens (primary N) is 1. The van der Waals surface area contributed by atoms with Gasteiger partial charge in [0, 0.05) is 25.0 Å². The normalized spacial score (nSPS) is 18.6. The van der Waals surface area contributed by atoms with Crippen molar-refractivity contribution in [3.05, 3.63) is 23.8 Å². The summed E-state index contributed by atoms with van der Waals surface area (Å²) in [6.07, 6.45) is 0.710. The first-order chi connectivity index (χ1) is 8.61. The number of fused-ring (bicyclic) bond motifs is 1. The van der Waals surface area contributed by atoms with Gasteiger partial charge >= 0.3 is 0 Å². The van der Waals surface area contributed by atoms with Crippen molar-refractivity contribution in [2.75, 3.05) is 38.4 Å². The molecule has 1 atom stereocenters. The van der Waals surface area contributed by atoms with E-state index in [0.29, 0.717) is 18.7 Å². The summed E-state index contributed by atoms with van der Waals surface area (Å²) in [6, 6.07) is 5.50. The topological polar surface area (TPSA) is 67.6 Å². The standard InChI is InChI=1S/C13H19N3O2/c1-16(5-6-18-2)12-7-9-3-4-10(14)8-11(9)15-13(12)17/h3-4,8,12H,5-7,14H2,1-2H3,(H,15,17)/t12-/m1/s1. The molecule has 1 aliphatic heterocycles. The summed E-state index contributed by atoms with van der Waals surface area (Å²) >= 11 is 0. The Labute approximate surface area is 107 Å². The largest absolute Gasteiger partial charge is 0.399 e. The number of carbonyl (C=O) groups is 1. The lowest BCUT2D eigenvalue weighted by Gasteiger charge is -2.31. The average molecular weight is 249 g/mol. The molecule has 1 aromatic rings. The van der Waals surface area contributed by atoms with Crippen molar-refractivity contribution in [3.8, 4) is 0 Å². The number of nitrogens with zero attached hydrogens (tertiary/aromatic N) is 1. The Morgan fingerprint density at radius 2 is 2.33 bits per heavy atom.